The Kier molecular flexibility index (Phi) is 2.93. The Hall–Kier alpha value is -1.29. The Labute approximate surface area is 113 Å². The highest BCUT2D eigenvalue weighted by atomic mass is 16.3. The van der Waals surface area contributed by atoms with Gasteiger partial charge in [0.05, 0.1) is 12.0 Å². The van der Waals surface area contributed by atoms with Crippen LogP contribution in [-0.2, 0) is 11.3 Å². The van der Waals surface area contributed by atoms with Crippen LogP contribution in [0.3, 0.4) is 0 Å². The van der Waals surface area contributed by atoms with Crippen LogP contribution in [0.15, 0.2) is 16.5 Å². The van der Waals surface area contributed by atoms with Crippen molar-refractivity contribution < 1.29 is 9.21 Å². The fraction of sp³-hybridized carbons (Fsp3) is 0.667. The van der Waals surface area contributed by atoms with Gasteiger partial charge in [-0.05, 0) is 37.3 Å². The number of nitrogens with two attached hydrogens (primary N) is 1. The molecule has 104 valence electrons. The largest absolute Gasteiger partial charge is 0.464 e. The van der Waals surface area contributed by atoms with E-state index in [9.17, 15) is 4.79 Å². The third-order valence-corrected chi connectivity index (χ3v) is 4.60. The quantitative estimate of drug-likeness (QED) is 0.884. The van der Waals surface area contributed by atoms with Crippen molar-refractivity contribution in [3.8, 4) is 0 Å². The summed E-state index contributed by atoms with van der Waals surface area (Å²) >= 11 is 0. The van der Waals surface area contributed by atoms with Crippen LogP contribution in [-0.4, -0.2) is 24.4 Å². The molecule has 4 heteroatoms. The highest BCUT2D eigenvalue weighted by Gasteiger charge is 2.49. The van der Waals surface area contributed by atoms with Gasteiger partial charge in [-0.2, -0.15) is 0 Å². The molecule has 1 heterocycles. The predicted molar refractivity (Wildman–Crippen MR) is 72.4 cm³/mol. The van der Waals surface area contributed by atoms with E-state index >= 15 is 0 Å². The third kappa shape index (κ3) is 2.29. The van der Waals surface area contributed by atoms with Gasteiger partial charge >= 0.3 is 0 Å². The Morgan fingerprint density at radius 2 is 2.21 bits per heavy atom. The molecule has 2 saturated carbocycles. The standard InChI is InChI=1S/C15H22N2O2/c1-10-7-12(10)13-4-3-11(19-13)8-17(2)14(18)15(9-16)5-6-15/h3-4,10,12H,5-9,16H2,1-2H3. The topological polar surface area (TPSA) is 59.5 Å². The van der Waals surface area contributed by atoms with E-state index < -0.39 is 0 Å². The molecule has 2 fully saturated rings. The van der Waals surface area contributed by atoms with E-state index in [0.29, 0.717) is 19.0 Å². The molecular weight excluding hydrogens is 240 g/mol. The zero-order chi connectivity index (χ0) is 13.6. The molecule has 4 nitrogen and oxygen atoms in total. The highest BCUT2D eigenvalue weighted by Crippen LogP contribution is 2.48. The summed E-state index contributed by atoms with van der Waals surface area (Å²) in [6.45, 7) is 3.24. The summed E-state index contributed by atoms with van der Waals surface area (Å²) in [6.07, 6.45) is 3.07. The Morgan fingerprint density at radius 3 is 2.74 bits per heavy atom. The molecule has 1 amide bonds. The van der Waals surface area contributed by atoms with Gasteiger partial charge in [-0.15, -0.1) is 0 Å². The second-order valence-electron chi connectivity index (χ2n) is 6.27. The highest BCUT2D eigenvalue weighted by molar-refractivity contribution is 5.85. The molecule has 1 aromatic heterocycles. The Morgan fingerprint density at radius 1 is 1.53 bits per heavy atom. The maximum atomic E-state index is 12.3. The molecule has 0 aromatic carbocycles. The van der Waals surface area contributed by atoms with Gasteiger partial charge < -0.3 is 15.1 Å². The molecule has 2 aliphatic rings. The summed E-state index contributed by atoms with van der Waals surface area (Å²) in [6, 6.07) is 4.05. The lowest BCUT2D eigenvalue weighted by atomic mass is 10.1. The second-order valence-corrected chi connectivity index (χ2v) is 6.27. The molecule has 2 atom stereocenters. The molecule has 1 aromatic rings. The summed E-state index contributed by atoms with van der Waals surface area (Å²) in [5.41, 5.74) is 5.43. The van der Waals surface area contributed by atoms with E-state index in [-0.39, 0.29) is 11.3 Å². The van der Waals surface area contributed by atoms with Crippen molar-refractivity contribution >= 4 is 5.91 Å². The molecule has 2 aliphatic carbocycles. The molecule has 0 saturated heterocycles. The number of carbonyl (C=O) groups excluding carboxylic acids is 1. The number of furan rings is 1. The number of nitrogens with zero attached hydrogens (tertiary/aromatic N) is 1. The molecular formula is C15H22N2O2. The number of hydrogen-bond donors (Lipinski definition) is 1. The van der Waals surface area contributed by atoms with Gasteiger partial charge in [0.15, 0.2) is 0 Å². The number of carbonyl (C=O) groups is 1. The van der Waals surface area contributed by atoms with Crippen LogP contribution in [0.5, 0.6) is 0 Å². The molecule has 0 bridgehead atoms. The van der Waals surface area contributed by atoms with E-state index in [0.717, 1.165) is 30.3 Å². The lowest BCUT2D eigenvalue weighted by molar-refractivity contribution is -0.136. The van der Waals surface area contributed by atoms with E-state index in [1.807, 2.05) is 13.1 Å². The zero-order valence-corrected chi connectivity index (χ0v) is 11.7. The van der Waals surface area contributed by atoms with Crippen molar-refractivity contribution in [2.45, 2.75) is 38.6 Å². The fourth-order valence-electron chi connectivity index (χ4n) is 2.76. The van der Waals surface area contributed by atoms with Crippen molar-refractivity contribution in [3.63, 3.8) is 0 Å². The van der Waals surface area contributed by atoms with Crippen LogP contribution in [0.2, 0.25) is 0 Å². The van der Waals surface area contributed by atoms with Gasteiger partial charge in [-0.25, -0.2) is 0 Å². The van der Waals surface area contributed by atoms with E-state index in [1.54, 1.807) is 4.90 Å². The molecule has 2 unspecified atom stereocenters. The van der Waals surface area contributed by atoms with Crippen LogP contribution in [0.25, 0.3) is 0 Å². The summed E-state index contributed by atoms with van der Waals surface area (Å²) in [4.78, 5) is 14.0. The Balaban J connectivity index is 1.61. The van der Waals surface area contributed by atoms with Crippen molar-refractivity contribution in [3.05, 3.63) is 23.7 Å². The zero-order valence-electron chi connectivity index (χ0n) is 11.7. The van der Waals surface area contributed by atoms with Crippen LogP contribution in [0.1, 0.15) is 43.6 Å². The normalized spacial score (nSPS) is 27.1. The van der Waals surface area contributed by atoms with Gasteiger partial charge in [0.1, 0.15) is 11.5 Å². The summed E-state index contributed by atoms with van der Waals surface area (Å²) < 4.78 is 5.84. The molecule has 0 radical (unpaired) electrons. The van der Waals surface area contributed by atoms with Crippen LogP contribution in [0, 0.1) is 11.3 Å². The lowest BCUT2D eigenvalue weighted by Crippen LogP contribution is -2.37. The van der Waals surface area contributed by atoms with Gasteiger partial charge in [0.25, 0.3) is 0 Å². The first-order valence-corrected chi connectivity index (χ1v) is 7.10. The maximum Gasteiger partial charge on any atom is 0.230 e. The van der Waals surface area contributed by atoms with Crippen molar-refractivity contribution in [1.29, 1.82) is 0 Å². The number of amides is 1. The molecule has 0 spiro atoms. The molecule has 19 heavy (non-hydrogen) atoms. The molecule has 3 rings (SSSR count). The Bertz CT molecular complexity index is 490. The number of hydrogen-bond acceptors (Lipinski definition) is 3. The first kappa shape index (κ1) is 12.7. The fourth-order valence-corrected chi connectivity index (χ4v) is 2.76. The average Bonchev–Trinajstić information content (AvgIpc) is 3.29. The van der Waals surface area contributed by atoms with Crippen LogP contribution >= 0.6 is 0 Å². The van der Waals surface area contributed by atoms with E-state index in [2.05, 4.69) is 13.0 Å². The monoisotopic (exact) mass is 262 g/mol. The summed E-state index contributed by atoms with van der Waals surface area (Å²) in [7, 11) is 1.83. The second kappa shape index (κ2) is 4.37. The van der Waals surface area contributed by atoms with Gasteiger partial charge in [-0.3, -0.25) is 4.79 Å². The SMILES string of the molecule is CC1CC1c1ccc(CN(C)C(=O)C2(CN)CC2)o1. The average molecular weight is 262 g/mol. The van der Waals surface area contributed by atoms with Gasteiger partial charge in [0.2, 0.25) is 5.91 Å². The smallest absolute Gasteiger partial charge is 0.230 e. The van der Waals surface area contributed by atoms with Crippen LogP contribution < -0.4 is 5.73 Å². The minimum absolute atomic E-state index is 0.160. The number of rotatable bonds is 5. The first-order chi connectivity index (χ1) is 9.05. The van der Waals surface area contributed by atoms with Crippen molar-refractivity contribution in [1.82, 2.24) is 4.90 Å². The minimum Gasteiger partial charge on any atom is -0.464 e. The van der Waals surface area contributed by atoms with E-state index in [1.165, 1.54) is 6.42 Å². The van der Waals surface area contributed by atoms with Crippen LogP contribution in [0.4, 0.5) is 0 Å². The van der Waals surface area contributed by atoms with Crippen molar-refractivity contribution in [2.75, 3.05) is 13.6 Å². The van der Waals surface area contributed by atoms with E-state index in [4.69, 9.17) is 10.2 Å². The maximum absolute atomic E-state index is 12.3. The molecule has 2 N–H and O–H groups in total. The summed E-state index contributed by atoms with van der Waals surface area (Å²) in [5, 5.41) is 0. The van der Waals surface area contributed by atoms with Crippen molar-refractivity contribution in [2.24, 2.45) is 17.1 Å². The third-order valence-electron chi connectivity index (χ3n) is 4.60. The first-order valence-electron chi connectivity index (χ1n) is 7.10. The lowest BCUT2D eigenvalue weighted by Gasteiger charge is -2.21. The van der Waals surface area contributed by atoms with Gasteiger partial charge in [-0.1, -0.05) is 6.92 Å². The molecule has 0 aliphatic heterocycles. The predicted octanol–water partition coefficient (Wildman–Crippen LogP) is 2.10. The minimum atomic E-state index is -0.269. The van der Waals surface area contributed by atoms with Gasteiger partial charge in [0, 0.05) is 19.5 Å². The summed E-state index contributed by atoms with van der Waals surface area (Å²) in [5.74, 6) is 3.44.